The van der Waals surface area contributed by atoms with Crippen LogP contribution in [0.5, 0.6) is 0 Å². The first kappa shape index (κ1) is 14.0. The summed E-state index contributed by atoms with van der Waals surface area (Å²) in [5.74, 6) is 0.900. The number of furan rings is 1. The number of halogens is 1. The van der Waals surface area contributed by atoms with Crippen molar-refractivity contribution < 1.29 is 13.9 Å². The van der Waals surface area contributed by atoms with E-state index in [4.69, 9.17) is 4.42 Å². The van der Waals surface area contributed by atoms with Gasteiger partial charge in [0, 0.05) is 16.4 Å². The highest BCUT2D eigenvalue weighted by atomic mass is 32.2. The van der Waals surface area contributed by atoms with E-state index in [9.17, 15) is 9.50 Å². The summed E-state index contributed by atoms with van der Waals surface area (Å²) in [6.07, 6.45) is 5.84. The van der Waals surface area contributed by atoms with Crippen LogP contribution in [0, 0.1) is 5.82 Å². The van der Waals surface area contributed by atoms with Gasteiger partial charge in [0.25, 0.3) is 0 Å². The summed E-state index contributed by atoms with van der Waals surface area (Å²) in [7, 11) is 0. The number of benzene rings is 1. The van der Waals surface area contributed by atoms with Gasteiger partial charge in [-0.1, -0.05) is 19.3 Å². The second-order valence-corrected chi connectivity index (χ2v) is 6.77. The number of hydrogen-bond donors (Lipinski definition) is 1. The third-order valence-corrected chi connectivity index (χ3v) is 5.32. The standard InChI is InChI=1S/C16H19FO2S/c17-12-6-7-15-11(8-12)9-16(19-15)14(18)10-20-13-4-2-1-3-5-13/h6-9,13-14,18H,1-5,10H2. The molecular formula is C16H19FO2S. The summed E-state index contributed by atoms with van der Waals surface area (Å²) in [5, 5.41) is 11.6. The Morgan fingerprint density at radius 2 is 2.05 bits per heavy atom. The fourth-order valence-corrected chi connectivity index (χ4v) is 4.03. The van der Waals surface area contributed by atoms with E-state index in [1.54, 1.807) is 12.1 Å². The van der Waals surface area contributed by atoms with Gasteiger partial charge in [0.2, 0.25) is 0 Å². The first-order valence-electron chi connectivity index (χ1n) is 7.21. The lowest BCUT2D eigenvalue weighted by Gasteiger charge is -2.21. The molecule has 0 bridgehead atoms. The summed E-state index contributed by atoms with van der Waals surface area (Å²) in [4.78, 5) is 0. The van der Waals surface area contributed by atoms with Crippen molar-refractivity contribution in [3.8, 4) is 0 Å². The molecule has 1 N–H and O–H groups in total. The molecule has 3 rings (SSSR count). The van der Waals surface area contributed by atoms with Crippen LogP contribution in [0.3, 0.4) is 0 Å². The van der Waals surface area contributed by atoms with E-state index < -0.39 is 6.10 Å². The quantitative estimate of drug-likeness (QED) is 0.889. The second-order valence-electron chi connectivity index (χ2n) is 5.44. The Balaban J connectivity index is 1.64. The van der Waals surface area contributed by atoms with Crippen LogP contribution in [-0.2, 0) is 0 Å². The van der Waals surface area contributed by atoms with Gasteiger partial charge in [0.15, 0.2) is 0 Å². The number of thioether (sulfide) groups is 1. The maximum Gasteiger partial charge on any atom is 0.134 e. The predicted molar refractivity (Wildman–Crippen MR) is 80.5 cm³/mol. The fraction of sp³-hybridized carbons (Fsp3) is 0.500. The van der Waals surface area contributed by atoms with Gasteiger partial charge in [-0.15, -0.1) is 0 Å². The number of aliphatic hydroxyl groups is 1. The first-order chi connectivity index (χ1) is 9.72. The molecule has 0 spiro atoms. The Labute approximate surface area is 122 Å². The maximum absolute atomic E-state index is 13.1. The summed E-state index contributed by atoms with van der Waals surface area (Å²) in [6, 6.07) is 6.15. The molecule has 1 aliphatic rings. The molecule has 4 heteroatoms. The normalized spacial score (nSPS) is 18.5. The monoisotopic (exact) mass is 294 g/mol. The molecule has 1 atom stereocenters. The van der Waals surface area contributed by atoms with E-state index in [-0.39, 0.29) is 5.82 Å². The van der Waals surface area contributed by atoms with Crippen molar-refractivity contribution in [3.05, 3.63) is 35.8 Å². The number of aliphatic hydroxyl groups excluding tert-OH is 1. The van der Waals surface area contributed by atoms with Crippen LogP contribution in [0.15, 0.2) is 28.7 Å². The van der Waals surface area contributed by atoms with Gasteiger partial charge in [-0.2, -0.15) is 11.8 Å². The third kappa shape index (κ3) is 3.18. The maximum atomic E-state index is 13.1. The Bertz CT molecular complexity index is 575. The first-order valence-corrected chi connectivity index (χ1v) is 8.26. The van der Waals surface area contributed by atoms with Crippen molar-refractivity contribution in [2.45, 2.75) is 43.5 Å². The van der Waals surface area contributed by atoms with Crippen LogP contribution >= 0.6 is 11.8 Å². The highest BCUT2D eigenvalue weighted by molar-refractivity contribution is 7.99. The minimum absolute atomic E-state index is 0.282. The van der Waals surface area contributed by atoms with E-state index in [0.29, 0.717) is 27.7 Å². The van der Waals surface area contributed by atoms with Crippen LogP contribution in [0.2, 0.25) is 0 Å². The van der Waals surface area contributed by atoms with Crippen molar-refractivity contribution >= 4 is 22.7 Å². The molecule has 1 aliphatic carbocycles. The van der Waals surface area contributed by atoms with Crippen LogP contribution < -0.4 is 0 Å². The van der Waals surface area contributed by atoms with Gasteiger partial charge in [0.1, 0.15) is 23.3 Å². The van der Waals surface area contributed by atoms with Crippen LogP contribution in [-0.4, -0.2) is 16.1 Å². The zero-order chi connectivity index (χ0) is 13.9. The molecule has 1 unspecified atom stereocenters. The van der Waals surface area contributed by atoms with Gasteiger partial charge in [-0.05, 0) is 37.1 Å². The highest BCUT2D eigenvalue weighted by Crippen LogP contribution is 2.32. The summed E-state index contributed by atoms with van der Waals surface area (Å²) < 4.78 is 18.7. The van der Waals surface area contributed by atoms with Crippen molar-refractivity contribution in [2.24, 2.45) is 0 Å². The minimum Gasteiger partial charge on any atom is -0.458 e. The summed E-state index contributed by atoms with van der Waals surface area (Å²) in [6.45, 7) is 0. The lowest BCUT2D eigenvalue weighted by atomic mass is 10.0. The highest BCUT2D eigenvalue weighted by Gasteiger charge is 2.18. The third-order valence-electron chi connectivity index (χ3n) is 3.87. The van der Waals surface area contributed by atoms with E-state index >= 15 is 0 Å². The van der Waals surface area contributed by atoms with E-state index in [2.05, 4.69) is 0 Å². The Kier molecular flexibility index (Phi) is 4.32. The van der Waals surface area contributed by atoms with Gasteiger partial charge in [-0.25, -0.2) is 4.39 Å². The van der Waals surface area contributed by atoms with Crippen LogP contribution in [0.25, 0.3) is 11.0 Å². The lowest BCUT2D eigenvalue weighted by Crippen LogP contribution is -2.11. The van der Waals surface area contributed by atoms with E-state index in [1.807, 2.05) is 11.8 Å². The molecule has 2 aromatic rings. The summed E-state index contributed by atoms with van der Waals surface area (Å²) in [5.41, 5.74) is 0.628. The topological polar surface area (TPSA) is 33.4 Å². The molecule has 1 fully saturated rings. The molecular weight excluding hydrogens is 275 g/mol. The minimum atomic E-state index is -0.614. The lowest BCUT2D eigenvalue weighted by molar-refractivity contribution is 0.176. The van der Waals surface area contributed by atoms with Crippen molar-refractivity contribution in [2.75, 3.05) is 5.75 Å². The average molecular weight is 294 g/mol. The van der Waals surface area contributed by atoms with Gasteiger partial charge in [-0.3, -0.25) is 0 Å². The Hall–Kier alpha value is -1.00. The predicted octanol–water partition coefficient (Wildman–Crippen LogP) is 4.67. The second kappa shape index (κ2) is 6.19. The van der Waals surface area contributed by atoms with Crippen LogP contribution in [0.4, 0.5) is 4.39 Å². The molecule has 1 aromatic heterocycles. The van der Waals surface area contributed by atoms with Gasteiger partial charge < -0.3 is 9.52 Å². The van der Waals surface area contributed by atoms with E-state index in [1.165, 1.54) is 44.2 Å². The molecule has 20 heavy (non-hydrogen) atoms. The zero-order valence-corrected chi connectivity index (χ0v) is 12.2. The average Bonchev–Trinajstić information content (AvgIpc) is 2.89. The van der Waals surface area contributed by atoms with Gasteiger partial charge in [0.05, 0.1) is 0 Å². The molecule has 2 nitrogen and oxygen atoms in total. The number of hydrogen-bond acceptors (Lipinski definition) is 3. The largest absolute Gasteiger partial charge is 0.458 e. The smallest absolute Gasteiger partial charge is 0.134 e. The van der Waals surface area contributed by atoms with Crippen LogP contribution in [0.1, 0.15) is 44.0 Å². The molecule has 108 valence electrons. The molecule has 0 amide bonds. The number of rotatable bonds is 4. The Morgan fingerprint density at radius 3 is 2.85 bits per heavy atom. The molecule has 1 heterocycles. The fourth-order valence-electron chi connectivity index (χ4n) is 2.74. The molecule has 0 aliphatic heterocycles. The molecule has 0 radical (unpaired) electrons. The van der Waals surface area contributed by atoms with E-state index in [0.717, 1.165) is 0 Å². The zero-order valence-electron chi connectivity index (χ0n) is 11.3. The van der Waals surface area contributed by atoms with Crippen molar-refractivity contribution in [1.29, 1.82) is 0 Å². The van der Waals surface area contributed by atoms with Crippen molar-refractivity contribution in [3.63, 3.8) is 0 Å². The molecule has 0 saturated heterocycles. The molecule has 1 aromatic carbocycles. The van der Waals surface area contributed by atoms with Gasteiger partial charge >= 0.3 is 0 Å². The summed E-state index contributed by atoms with van der Waals surface area (Å²) >= 11 is 1.83. The number of fused-ring (bicyclic) bond motifs is 1. The van der Waals surface area contributed by atoms with Crippen molar-refractivity contribution in [1.82, 2.24) is 0 Å². The molecule has 1 saturated carbocycles. The Morgan fingerprint density at radius 1 is 1.25 bits per heavy atom. The SMILES string of the molecule is OC(CSC1CCCCC1)c1cc2cc(F)ccc2o1.